The molecule has 1 aliphatic rings. The van der Waals surface area contributed by atoms with Crippen molar-refractivity contribution in [2.75, 3.05) is 5.32 Å². The molecule has 1 saturated carbocycles. The molecule has 1 aliphatic carbocycles. The molecule has 0 heterocycles. The number of halogens is 3. The Hall–Kier alpha value is -0.870. The minimum absolute atomic E-state index is 0.0136. The standard InChI is InChI=1S/C12H14ClF2NO/c1-12(2)9(5-10(12)17)16-11-7(13)3-6(14)4-8(11)15/h3-4,9-10,16-17H,5H2,1-2H3. The molecule has 0 saturated heterocycles. The van der Waals surface area contributed by atoms with E-state index in [1.807, 2.05) is 13.8 Å². The topological polar surface area (TPSA) is 32.3 Å². The fourth-order valence-electron chi connectivity index (χ4n) is 2.00. The highest BCUT2D eigenvalue weighted by Crippen LogP contribution is 2.43. The number of hydrogen-bond acceptors (Lipinski definition) is 2. The Labute approximate surface area is 104 Å². The van der Waals surface area contributed by atoms with Crippen LogP contribution in [0, 0.1) is 17.0 Å². The number of benzene rings is 1. The zero-order valence-corrected chi connectivity index (χ0v) is 10.4. The number of aliphatic hydroxyl groups excluding tert-OH is 1. The summed E-state index contributed by atoms with van der Waals surface area (Å²) in [6, 6.07) is 1.78. The van der Waals surface area contributed by atoms with E-state index in [-0.39, 0.29) is 22.2 Å². The number of anilines is 1. The molecule has 94 valence electrons. The second kappa shape index (κ2) is 4.10. The van der Waals surface area contributed by atoms with Crippen LogP contribution in [0.4, 0.5) is 14.5 Å². The molecule has 0 bridgehead atoms. The summed E-state index contributed by atoms with van der Waals surface area (Å²) in [5, 5.41) is 12.5. The second-order valence-electron chi connectivity index (χ2n) is 5.01. The zero-order valence-electron chi connectivity index (χ0n) is 9.60. The third-order valence-corrected chi connectivity index (χ3v) is 3.84. The van der Waals surface area contributed by atoms with E-state index in [2.05, 4.69) is 5.32 Å². The SMILES string of the molecule is CC1(C)C(O)CC1Nc1c(F)cc(F)cc1Cl. The summed E-state index contributed by atoms with van der Waals surface area (Å²) < 4.78 is 26.4. The van der Waals surface area contributed by atoms with Gasteiger partial charge in [-0.1, -0.05) is 25.4 Å². The van der Waals surface area contributed by atoms with Crippen LogP contribution in [-0.2, 0) is 0 Å². The Bertz CT molecular complexity index is 427. The first-order valence-electron chi connectivity index (χ1n) is 5.41. The number of nitrogens with one attached hydrogen (secondary N) is 1. The van der Waals surface area contributed by atoms with Crippen LogP contribution in [0.5, 0.6) is 0 Å². The third kappa shape index (κ3) is 2.11. The van der Waals surface area contributed by atoms with Gasteiger partial charge in [-0.05, 0) is 12.5 Å². The summed E-state index contributed by atoms with van der Waals surface area (Å²) in [7, 11) is 0. The lowest BCUT2D eigenvalue weighted by Crippen LogP contribution is -2.57. The molecule has 0 radical (unpaired) electrons. The molecule has 2 atom stereocenters. The molecule has 0 amide bonds. The van der Waals surface area contributed by atoms with Crippen LogP contribution in [0.25, 0.3) is 0 Å². The number of aliphatic hydroxyl groups is 1. The van der Waals surface area contributed by atoms with Gasteiger partial charge in [0.05, 0.1) is 16.8 Å². The first-order valence-corrected chi connectivity index (χ1v) is 5.79. The first-order chi connectivity index (χ1) is 7.82. The van der Waals surface area contributed by atoms with Gasteiger partial charge in [-0.2, -0.15) is 0 Å². The molecule has 2 nitrogen and oxygen atoms in total. The Balaban J connectivity index is 2.21. The maximum atomic E-state index is 13.5. The first kappa shape index (κ1) is 12.6. The molecule has 1 aromatic carbocycles. The molecule has 2 unspecified atom stereocenters. The molecule has 0 aliphatic heterocycles. The van der Waals surface area contributed by atoms with Crippen LogP contribution >= 0.6 is 11.6 Å². The predicted molar refractivity (Wildman–Crippen MR) is 63.2 cm³/mol. The van der Waals surface area contributed by atoms with Gasteiger partial charge in [0, 0.05) is 17.5 Å². The molecule has 5 heteroatoms. The van der Waals surface area contributed by atoms with Gasteiger partial charge in [-0.25, -0.2) is 8.78 Å². The molecule has 1 aromatic rings. The van der Waals surface area contributed by atoms with Crippen molar-refractivity contribution in [1.82, 2.24) is 0 Å². The van der Waals surface area contributed by atoms with Crippen molar-refractivity contribution >= 4 is 17.3 Å². The van der Waals surface area contributed by atoms with Gasteiger partial charge in [0.15, 0.2) is 5.82 Å². The van der Waals surface area contributed by atoms with E-state index in [1.165, 1.54) is 0 Å². The maximum Gasteiger partial charge on any atom is 0.150 e. The van der Waals surface area contributed by atoms with E-state index >= 15 is 0 Å². The van der Waals surface area contributed by atoms with Gasteiger partial charge in [-0.15, -0.1) is 0 Å². The molecule has 0 aromatic heterocycles. The molecule has 0 spiro atoms. The highest BCUT2D eigenvalue weighted by atomic mass is 35.5. The summed E-state index contributed by atoms with van der Waals surface area (Å²) in [6.07, 6.45) is 0.113. The zero-order chi connectivity index (χ0) is 12.8. The fraction of sp³-hybridized carbons (Fsp3) is 0.500. The number of hydrogen-bond donors (Lipinski definition) is 2. The average Bonchev–Trinajstić information content (AvgIpc) is 2.21. The molecular formula is C12H14ClF2NO. The summed E-state index contributed by atoms with van der Waals surface area (Å²) in [5.74, 6) is -1.42. The molecule has 2 N–H and O–H groups in total. The average molecular weight is 262 g/mol. The summed E-state index contributed by atoms with van der Waals surface area (Å²) in [6.45, 7) is 3.77. The van der Waals surface area contributed by atoms with Crippen LogP contribution in [0.2, 0.25) is 5.02 Å². The maximum absolute atomic E-state index is 13.5. The van der Waals surface area contributed by atoms with E-state index in [0.717, 1.165) is 12.1 Å². The quantitative estimate of drug-likeness (QED) is 0.857. The predicted octanol–water partition coefficient (Wildman–Crippen LogP) is 3.19. The largest absolute Gasteiger partial charge is 0.392 e. The molecular weight excluding hydrogens is 248 g/mol. The van der Waals surface area contributed by atoms with E-state index < -0.39 is 17.7 Å². The Morgan fingerprint density at radius 3 is 2.53 bits per heavy atom. The smallest absolute Gasteiger partial charge is 0.150 e. The lowest BCUT2D eigenvalue weighted by atomic mass is 9.64. The Morgan fingerprint density at radius 1 is 1.41 bits per heavy atom. The van der Waals surface area contributed by atoms with E-state index in [0.29, 0.717) is 6.42 Å². The van der Waals surface area contributed by atoms with Crippen LogP contribution in [0.3, 0.4) is 0 Å². The molecule has 1 fully saturated rings. The number of rotatable bonds is 2. The van der Waals surface area contributed by atoms with Crippen molar-refractivity contribution in [3.8, 4) is 0 Å². The third-order valence-electron chi connectivity index (χ3n) is 3.54. The van der Waals surface area contributed by atoms with Crippen LogP contribution in [0.15, 0.2) is 12.1 Å². The minimum Gasteiger partial charge on any atom is -0.392 e. The Morgan fingerprint density at radius 2 is 2.06 bits per heavy atom. The van der Waals surface area contributed by atoms with Gasteiger partial charge in [0.2, 0.25) is 0 Å². The Kier molecular flexibility index (Phi) is 3.04. The van der Waals surface area contributed by atoms with E-state index in [4.69, 9.17) is 11.6 Å². The van der Waals surface area contributed by atoms with Crippen molar-refractivity contribution in [1.29, 1.82) is 0 Å². The van der Waals surface area contributed by atoms with Gasteiger partial charge in [0.1, 0.15) is 5.82 Å². The van der Waals surface area contributed by atoms with Crippen LogP contribution < -0.4 is 5.32 Å². The van der Waals surface area contributed by atoms with Crippen LogP contribution in [0.1, 0.15) is 20.3 Å². The second-order valence-corrected chi connectivity index (χ2v) is 5.42. The lowest BCUT2D eigenvalue weighted by molar-refractivity contribution is -0.0511. The summed E-state index contributed by atoms with van der Waals surface area (Å²) in [5.41, 5.74) is -0.248. The van der Waals surface area contributed by atoms with Gasteiger partial charge in [0.25, 0.3) is 0 Å². The molecule has 17 heavy (non-hydrogen) atoms. The van der Waals surface area contributed by atoms with E-state index in [1.54, 1.807) is 0 Å². The van der Waals surface area contributed by atoms with Gasteiger partial charge in [-0.3, -0.25) is 0 Å². The van der Waals surface area contributed by atoms with Crippen molar-refractivity contribution in [3.63, 3.8) is 0 Å². The monoisotopic (exact) mass is 261 g/mol. The highest BCUT2D eigenvalue weighted by molar-refractivity contribution is 6.33. The van der Waals surface area contributed by atoms with E-state index in [9.17, 15) is 13.9 Å². The van der Waals surface area contributed by atoms with Crippen molar-refractivity contribution in [2.24, 2.45) is 5.41 Å². The highest BCUT2D eigenvalue weighted by Gasteiger charge is 2.47. The van der Waals surface area contributed by atoms with Gasteiger partial charge < -0.3 is 10.4 Å². The lowest BCUT2D eigenvalue weighted by Gasteiger charge is -2.49. The van der Waals surface area contributed by atoms with Gasteiger partial charge >= 0.3 is 0 Å². The van der Waals surface area contributed by atoms with Crippen molar-refractivity contribution in [2.45, 2.75) is 32.4 Å². The van der Waals surface area contributed by atoms with Crippen molar-refractivity contribution < 1.29 is 13.9 Å². The van der Waals surface area contributed by atoms with Crippen molar-refractivity contribution in [3.05, 3.63) is 28.8 Å². The molecule has 2 rings (SSSR count). The van der Waals surface area contributed by atoms with Crippen LogP contribution in [-0.4, -0.2) is 17.3 Å². The summed E-state index contributed by atoms with van der Waals surface area (Å²) >= 11 is 5.78. The fourth-order valence-corrected chi connectivity index (χ4v) is 2.25. The summed E-state index contributed by atoms with van der Waals surface area (Å²) in [4.78, 5) is 0. The minimum atomic E-state index is -0.716. The normalized spacial score (nSPS) is 26.5.